The van der Waals surface area contributed by atoms with Crippen LogP contribution in [0.5, 0.6) is 0 Å². The van der Waals surface area contributed by atoms with E-state index in [0.29, 0.717) is 0 Å². The summed E-state index contributed by atoms with van der Waals surface area (Å²) in [5.74, 6) is 0. The van der Waals surface area contributed by atoms with Crippen molar-refractivity contribution in [2.75, 3.05) is 0 Å². The van der Waals surface area contributed by atoms with Gasteiger partial charge in [0.05, 0.1) is 11.0 Å². The van der Waals surface area contributed by atoms with E-state index in [1.54, 1.807) is 12.1 Å². The van der Waals surface area contributed by atoms with Crippen LogP contribution in [-0.2, 0) is 6.42 Å². The first-order chi connectivity index (χ1) is 9.58. The summed E-state index contributed by atoms with van der Waals surface area (Å²) in [6.45, 7) is 1.99. The number of fused-ring (bicyclic) bond motifs is 1. The number of rotatable bonds is 2. The number of benzene rings is 1. The number of aromatic nitrogens is 1. The van der Waals surface area contributed by atoms with Crippen LogP contribution in [0.4, 0.5) is 5.69 Å². The van der Waals surface area contributed by atoms with Gasteiger partial charge >= 0.3 is 0 Å². The maximum atomic E-state index is 10.7. The molecule has 1 aromatic heterocycles. The van der Waals surface area contributed by atoms with E-state index in [4.69, 9.17) is 0 Å². The van der Waals surface area contributed by atoms with E-state index in [9.17, 15) is 15.2 Å². The highest BCUT2D eigenvalue weighted by atomic mass is 16.6. The highest BCUT2D eigenvalue weighted by Gasteiger charge is 2.23. The lowest BCUT2D eigenvalue weighted by Crippen LogP contribution is -2.11. The molecule has 5 nitrogen and oxygen atoms in total. The average molecular weight is 272 g/mol. The van der Waals surface area contributed by atoms with Crippen LogP contribution in [-0.4, -0.2) is 14.6 Å². The molecule has 0 fully saturated rings. The zero-order chi connectivity index (χ0) is 14.3. The minimum Gasteiger partial charge on any atom is -0.388 e. The van der Waals surface area contributed by atoms with Crippen molar-refractivity contribution in [3.63, 3.8) is 0 Å². The molecule has 0 amide bonds. The molecule has 2 aromatic rings. The van der Waals surface area contributed by atoms with Crippen molar-refractivity contribution in [3.8, 4) is 5.69 Å². The van der Waals surface area contributed by atoms with Crippen molar-refractivity contribution < 1.29 is 10.0 Å². The van der Waals surface area contributed by atoms with E-state index in [-0.39, 0.29) is 5.69 Å². The van der Waals surface area contributed by atoms with Crippen molar-refractivity contribution in [1.82, 2.24) is 4.57 Å². The van der Waals surface area contributed by atoms with Crippen molar-refractivity contribution in [2.24, 2.45) is 0 Å². The molecule has 20 heavy (non-hydrogen) atoms. The Morgan fingerprint density at radius 2 is 2.05 bits per heavy atom. The van der Waals surface area contributed by atoms with Gasteiger partial charge in [0.15, 0.2) is 0 Å². The predicted octanol–water partition coefficient (Wildman–Crippen LogP) is 3.06. The number of hydrogen-bond acceptors (Lipinski definition) is 3. The van der Waals surface area contributed by atoms with Gasteiger partial charge in [0.2, 0.25) is 0 Å². The fraction of sp³-hybridized carbons (Fsp3) is 0.333. The Morgan fingerprint density at radius 1 is 1.35 bits per heavy atom. The molecule has 0 aliphatic heterocycles. The average Bonchev–Trinajstić information content (AvgIpc) is 2.77. The first kappa shape index (κ1) is 12.9. The van der Waals surface area contributed by atoms with Gasteiger partial charge in [0.1, 0.15) is 0 Å². The Morgan fingerprint density at radius 3 is 2.70 bits per heavy atom. The van der Waals surface area contributed by atoms with Crippen LogP contribution in [0.25, 0.3) is 5.69 Å². The molecule has 1 atom stereocenters. The van der Waals surface area contributed by atoms with E-state index >= 15 is 0 Å². The molecule has 1 aromatic carbocycles. The summed E-state index contributed by atoms with van der Waals surface area (Å²) in [5, 5.41) is 20.8. The van der Waals surface area contributed by atoms with E-state index in [1.807, 2.05) is 13.0 Å². The van der Waals surface area contributed by atoms with Gasteiger partial charge in [0, 0.05) is 34.8 Å². The normalized spacial score (nSPS) is 17.8. The molecular formula is C15H16N2O3. The number of nitro benzene ring substituents is 1. The van der Waals surface area contributed by atoms with Crippen molar-refractivity contribution in [2.45, 2.75) is 32.3 Å². The summed E-state index contributed by atoms with van der Waals surface area (Å²) in [6.07, 6.45) is 2.30. The lowest BCUT2D eigenvalue weighted by atomic mass is 9.95. The number of nitro groups is 1. The second-order valence-electron chi connectivity index (χ2n) is 5.20. The number of aliphatic hydroxyl groups is 1. The van der Waals surface area contributed by atoms with Gasteiger partial charge in [-0.25, -0.2) is 0 Å². The van der Waals surface area contributed by atoms with Gasteiger partial charge in [0.25, 0.3) is 5.69 Å². The van der Waals surface area contributed by atoms with Crippen molar-refractivity contribution >= 4 is 5.69 Å². The maximum absolute atomic E-state index is 10.7. The molecule has 0 saturated heterocycles. The van der Waals surface area contributed by atoms with Gasteiger partial charge in [-0.15, -0.1) is 0 Å². The quantitative estimate of drug-likeness (QED) is 0.674. The fourth-order valence-electron chi connectivity index (χ4n) is 2.96. The number of aryl methyl sites for hydroxylation is 1. The Balaban J connectivity index is 2.08. The molecule has 1 aliphatic carbocycles. The van der Waals surface area contributed by atoms with Gasteiger partial charge in [-0.2, -0.15) is 0 Å². The molecule has 1 heterocycles. The minimum atomic E-state index is -0.397. The molecule has 5 heteroatoms. The van der Waals surface area contributed by atoms with Gasteiger partial charge in [-0.05, 0) is 44.4 Å². The Hall–Kier alpha value is -2.14. The number of nitrogens with zero attached hydrogens (tertiary/aromatic N) is 2. The zero-order valence-corrected chi connectivity index (χ0v) is 11.2. The third kappa shape index (κ3) is 2.00. The molecule has 104 valence electrons. The summed E-state index contributed by atoms with van der Waals surface area (Å²) in [7, 11) is 0. The van der Waals surface area contributed by atoms with Crippen LogP contribution in [0.2, 0.25) is 0 Å². The van der Waals surface area contributed by atoms with Crippen molar-refractivity contribution in [3.05, 3.63) is 57.4 Å². The van der Waals surface area contributed by atoms with E-state index in [0.717, 1.165) is 41.9 Å². The molecule has 0 saturated carbocycles. The third-order valence-corrected chi connectivity index (χ3v) is 3.89. The second-order valence-corrected chi connectivity index (χ2v) is 5.20. The fourth-order valence-corrected chi connectivity index (χ4v) is 2.96. The van der Waals surface area contributed by atoms with E-state index < -0.39 is 11.0 Å². The molecule has 1 N–H and O–H groups in total. The molecule has 0 bridgehead atoms. The summed E-state index contributed by atoms with van der Waals surface area (Å²) in [5.41, 5.74) is 4.16. The molecule has 1 unspecified atom stereocenters. The SMILES string of the molecule is Cc1cc2c(n1-c1ccc([N+](=O)[O-])cc1)CCCC2O. The minimum absolute atomic E-state index is 0.0902. The Kier molecular flexibility index (Phi) is 3.06. The van der Waals surface area contributed by atoms with Gasteiger partial charge < -0.3 is 9.67 Å². The topological polar surface area (TPSA) is 68.3 Å². The Labute approximate surface area is 116 Å². The van der Waals surface area contributed by atoms with Crippen LogP contribution in [0.1, 0.15) is 35.9 Å². The predicted molar refractivity (Wildman–Crippen MR) is 75.1 cm³/mol. The second kappa shape index (κ2) is 4.76. The summed E-state index contributed by atoms with van der Waals surface area (Å²) in [6, 6.07) is 8.56. The highest BCUT2D eigenvalue weighted by molar-refractivity contribution is 5.46. The lowest BCUT2D eigenvalue weighted by molar-refractivity contribution is -0.384. The third-order valence-electron chi connectivity index (χ3n) is 3.89. The van der Waals surface area contributed by atoms with Gasteiger partial charge in [-0.3, -0.25) is 10.1 Å². The van der Waals surface area contributed by atoms with Crippen LogP contribution < -0.4 is 0 Å². The molecule has 1 aliphatic rings. The monoisotopic (exact) mass is 272 g/mol. The number of non-ortho nitro benzene ring substituents is 1. The standard InChI is InChI=1S/C15H16N2O3/c1-10-9-13-14(3-2-4-15(13)18)16(10)11-5-7-12(8-6-11)17(19)20/h5-9,15,18H,2-4H2,1H3. The zero-order valence-electron chi connectivity index (χ0n) is 11.2. The highest BCUT2D eigenvalue weighted by Crippen LogP contribution is 2.34. The maximum Gasteiger partial charge on any atom is 0.269 e. The molecule has 0 radical (unpaired) electrons. The first-order valence-electron chi connectivity index (χ1n) is 6.72. The van der Waals surface area contributed by atoms with Crippen LogP contribution in [0.15, 0.2) is 30.3 Å². The van der Waals surface area contributed by atoms with Crippen LogP contribution in [0, 0.1) is 17.0 Å². The summed E-state index contributed by atoms with van der Waals surface area (Å²) < 4.78 is 2.08. The van der Waals surface area contributed by atoms with E-state index in [1.165, 1.54) is 12.1 Å². The smallest absolute Gasteiger partial charge is 0.269 e. The lowest BCUT2D eigenvalue weighted by Gasteiger charge is -2.20. The van der Waals surface area contributed by atoms with Gasteiger partial charge in [-0.1, -0.05) is 0 Å². The largest absolute Gasteiger partial charge is 0.388 e. The van der Waals surface area contributed by atoms with E-state index in [2.05, 4.69) is 4.57 Å². The molecular weight excluding hydrogens is 256 g/mol. The molecule has 0 spiro atoms. The van der Waals surface area contributed by atoms with Crippen LogP contribution >= 0.6 is 0 Å². The number of hydrogen-bond donors (Lipinski definition) is 1. The summed E-state index contributed by atoms with van der Waals surface area (Å²) in [4.78, 5) is 10.3. The molecule has 3 rings (SSSR count). The summed E-state index contributed by atoms with van der Waals surface area (Å²) >= 11 is 0. The Bertz CT molecular complexity index is 659. The number of aliphatic hydroxyl groups excluding tert-OH is 1. The van der Waals surface area contributed by atoms with Crippen molar-refractivity contribution in [1.29, 1.82) is 0 Å². The first-order valence-corrected chi connectivity index (χ1v) is 6.72. The van der Waals surface area contributed by atoms with Crippen LogP contribution in [0.3, 0.4) is 0 Å².